The van der Waals surface area contributed by atoms with Crippen LogP contribution in [0.4, 0.5) is 26.3 Å². The number of ether oxygens (including phenoxy) is 1. The van der Waals surface area contributed by atoms with Gasteiger partial charge < -0.3 is 19.8 Å². The Labute approximate surface area is 237 Å². The third-order valence-electron chi connectivity index (χ3n) is 6.78. The van der Waals surface area contributed by atoms with Crippen LogP contribution in [0.3, 0.4) is 0 Å². The molecule has 2 N–H and O–H groups in total. The average molecular weight is 608 g/mol. The summed E-state index contributed by atoms with van der Waals surface area (Å²) >= 11 is 0. The van der Waals surface area contributed by atoms with Crippen LogP contribution in [0, 0.1) is 12.3 Å². The summed E-state index contributed by atoms with van der Waals surface area (Å²) in [7, 11) is 1.71. The topological polar surface area (TPSA) is 120 Å². The molecule has 0 atom stereocenters. The minimum atomic E-state index is -5.08. The van der Waals surface area contributed by atoms with Gasteiger partial charge in [-0.1, -0.05) is 18.2 Å². The Bertz CT molecular complexity index is 1210. The molecule has 232 valence electrons. The number of aryl methyl sites for hydroxylation is 1. The van der Waals surface area contributed by atoms with Crippen LogP contribution in [-0.4, -0.2) is 88.5 Å². The number of rotatable bonds is 4. The fraction of sp³-hybridized carbons (Fsp3) is 0.481. The van der Waals surface area contributed by atoms with Crippen molar-refractivity contribution in [1.82, 2.24) is 14.8 Å². The number of hydrogen-bond acceptors (Lipinski definition) is 6. The van der Waals surface area contributed by atoms with Crippen LogP contribution in [0.15, 0.2) is 42.5 Å². The van der Waals surface area contributed by atoms with Crippen molar-refractivity contribution in [3.8, 4) is 5.75 Å². The number of nitrogens with zero attached hydrogens (tertiary/aromatic N) is 3. The van der Waals surface area contributed by atoms with Crippen molar-refractivity contribution < 1.29 is 55.7 Å². The van der Waals surface area contributed by atoms with E-state index in [1.807, 2.05) is 36.1 Å². The smallest absolute Gasteiger partial charge is 0.490 e. The number of carbonyl (C=O) groups excluding carboxylic acids is 1. The summed E-state index contributed by atoms with van der Waals surface area (Å²) in [5.74, 6) is -4.51. The molecule has 4 rings (SSSR count). The van der Waals surface area contributed by atoms with Crippen LogP contribution >= 0.6 is 0 Å². The second-order valence-corrected chi connectivity index (χ2v) is 9.87. The van der Waals surface area contributed by atoms with Crippen molar-refractivity contribution in [3.63, 3.8) is 0 Å². The van der Waals surface area contributed by atoms with Gasteiger partial charge in [0.1, 0.15) is 11.4 Å². The lowest BCUT2D eigenvalue weighted by molar-refractivity contribution is -0.193. The number of aliphatic carboxylic acids is 2. The molecule has 15 heteroatoms. The number of carboxylic acid groups (broad SMARTS) is 2. The van der Waals surface area contributed by atoms with Gasteiger partial charge in [-0.25, -0.2) is 14.6 Å². The average Bonchev–Trinajstić information content (AvgIpc) is 3.33. The van der Waals surface area contributed by atoms with Crippen LogP contribution < -0.4 is 4.74 Å². The second-order valence-electron chi connectivity index (χ2n) is 9.87. The molecule has 9 nitrogen and oxygen atoms in total. The van der Waals surface area contributed by atoms with Crippen molar-refractivity contribution in [2.75, 3.05) is 33.3 Å². The molecular weight excluding hydrogens is 576 g/mol. The number of methoxy groups -OCH3 is 1. The first-order chi connectivity index (χ1) is 19.5. The summed E-state index contributed by atoms with van der Waals surface area (Å²) in [5, 5.41) is 14.2. The van der Waals surface area contributed by atoms with Crippen molar-refractivity contribution >= 4 is 17.8 Å². The molecule has 0 saturated carbocycles. The molecule has 0 aliphatic carbocycles. The number of carbonyl (C=O) groups is 3. The monoisotopic (exact) mass is 607 g/mol. The Hall–Kier alpha value is -3.88. The maximum atomic E-state index is 12.8. The predicted molar refractivity (Wildman–Crippen MR) is 137 cm³/mol. The van der Waals surface area contributed by atoms with Gasteiger partial charge in [0, 0.05) is 25.3 Å². The molecule has 2 aliphatic rings. The number of hydrogen-bond donors (Lipinski definition) is 2. The van der Waals surface area contributed by atoms with Crippen LogP contribution in [0.25, 0.3) is 0 Å². The zero-order valence-electron chi connectivity index (χ0n) is 22.8. The summed E-state index contributed by atoms with van der Waals surface area (Å²) in [5.41, 5.74) is 3.05. The van der Waals surface area contributed by atoms with Gasteiger partial charge >= 0.3 is 24.3 Å². The normalized spacial score (nSPS) is 16.5. The van der Waals surface area contributed by atoms with Crippen molar-refractivity contribution in [2.24, 2.45) is 5.41 Å². The molecule has 2 saturated heterocycles. The molecule has 2 aromatic rings. The number of amides is 1. The molecule has 1 aromatic carbocycles. The highest BCUT2D eigenvalue weighted by molar-refractivity contribution is 5.92. The van der Waals surface area contributed by atoms with E-state index < -0.39 is 24.3 Å². The predicted octanol–water partition coefficient (Wildman–Crippen LogP) is 4.79. The first-order valence-electron chi connectivity index (χ1n) is 12.6. The summed E-state index contributed by atoms with van der Waals surface area (Å²) in [4.78, 5) is 39.6. The van der Waals surface area contributed by atoms with Gasteiger partial charge in [0.2, 0.25) is 0 Å². The molecule has 3 heterocycles. The van der Waals surface area contributed by atoms with E-state index in [1.54, 1.807) is 7.11 Å². The number of alkyl halides is 6. The number of aromatic nitrogens is 1. The lowest BCUT2D eigenvalue weighted by Crippen LogP contribution is -2.42. The van der Waals surface area contributed by atoms with Crippen LogP contribution in [0.2, 0.25) is 0 Å². The molecule has 2 aliphatic heterocycles. The molecule has 42 heavy (non-hydrogen) atoms. The molecule has 1 aromatic heterocycles. The van der Waals surface area contributed by atoms with Gasteiger partial charge in [-0.05, 0) is 74.5 Å². The zero-order chi connectivity index (χ0) is 31.7. The van der Waals surface area contributed by atoms with E-state index in [9.17, 15) is 31.1 Å². The fourth-order valence-electron chi connectivity index (χ4n) is 4.56. The van der Waals surface area contributed by atoms with Gasteiger partial charge in [-0.2, -0.15) is 26.3 Å². The molecule has 0 unspecified atom stereocenters. The SMILES string of the molecule is COc1cccc(CN2CCC3(CC2)CCN(C(=O)c2cccc(C)n2)C3)c1.O=C(O)C(F)(F)F.O=C(O)C(F)(F)F. The number of halogens is 6. The standard InChI is InChI=1S/C23H29N3O2.2C2HF3O2/c1-18-5-3-8-21(24-18)22(27)26-14-11-23(17-26)9-12-25(13-10-23)16-19-6-4-7-20(15-19)28-2;2*3-2(4,5)1(6)7/h3-8,15H,9-14,16-17H2,1-2H3;2*(H,6,7). The van der Waals surface area contributed by atoms with E-state index in [0.29, 0.717) is 5.69 Å². The summed E-state index contributed by atoms with van der Waals surface area (Å²) in [6.07, 6.45) is -6.75. The Balaban J connectivity index is 0.000000367. The Morgan fingerprint density at radius 1 is 0.905 bits per heavy atom. The largest absolute Gasteiger partial charge is 0.497 e. The third-order valence-corrected chi connectivity index (χ3v) is 6.78. The van der Waals surface area contributed by atoms with Crippen LogP contribution in [0.1, 0.15) is 41.0 Å². The second kappa shape index (κ2) is 14.3. The van der Waals surface area contributed by atoms with Crippen molar-refractivity contribution in [1.29, 1.82) is 0 Å². The highest BCUT2D eigenvalue weighted by Gasteiger charge is 2.42. The lowest BCUT2D eigenvalue weighted by Gasteiger charge is -2.39. The first kappa shape index (κ1) is 34.3. The van der Waals surface area contributed by atoms with Gasteiger partial charge in [-0.15, -0.1) is 0 Å². The maximum absolute atomic E-state index is 12.8. The Kier molecular flexibility index (Phi) is 11.7. The van der Waals surface area contributed by atoms with E-state index in [1.165, 1.54) is 5.56 Å². The summed E-state index contributed by atoms with van der Waals surface area (Å²) in [6.45, 7) is 6.78. The maximum Gasteiger partial charge on any atom is 0.490 e. The highest BCUT2D eigenvalue weighted by Crippen LogP contribution is 2.41. The van der Waals surface area contributed by atoms with E-state index in [0.717, 1.165) is 63.4 Å². The molecule has 1 spiro atoms. The summed E-state index contributed by atoms with van der Waals surface area (Å²) in [6, 6.07) is 14.0. The molecular formula is C27H31F6N3O6. The zero-order valence-corrected chi connectivity index (χ0v) is 22.8. The molecule has 2 fully saturated rings. The van der Waals surface area contributed by atoms with Gasteiger partial charge in [0.25, 0.3) is 5.91 Å². The van der Waals surface area contributed by atoms with Crippen LogP contribution in [0.5, 0.6) is 5.75 Å². The number of carboxylic acids is 2. The Morgan fingerprint density at radius 2 is 1.43 bits per heavy atom. The molecule has 0 radical (unpaired) electrons. The highest BCUT2D eigenvalue weighted by atomic mass is 19.4. The number of piperidine rings is 1. The van der Waals surface area contributed by atoms with E-state index in [4.69, 9.17) is 24.5 Å². The lowest BCUT2D eigenvalue weighted by atomic mass is 9.77. The van der Waals surface area contributed by atoms with Gasteiger partial charge in [-0.3, -0.25) is 9.69 Å². The molecule has 1 amide bonds. The minimum absolute atomic E-state index is 0.0828. The Morgan fingerprint density at radius 3 is 1.93 bits per heavy atom. The number of pyridine rings is 1. The van der Waals surface area contributed by atoms with Crippen LogP contribution in [-0.2, 0) is 16.1 Å². The summed E-state index contributed by atoms with van der Waals surface area (Å²) < 4.78 is 68.8. The fourth-order valence-corrected chi connectivity index (χ4v) is 4.56. The van der Waals surface area contributed by atoms with E-state index in [-0.39, 0.29) is 11.3 Å². The van der Waals surface area contributed by atoms with Gasteiger partial charge in [0.15, 0.2) is 0 Å². The quantitative estimate of drug-likeness (QED) is 0.476. The minimum Gasteiger partial charge on any atom is -0.497 e. The third kappa shape index (κ3) is 10.5. The van der Waals surface area contributed by atoms with Crippen molar-refractivity contribution in [2.45, 2.75) is 45.1 Å². The first-order valence-corrected chi connectivity index (χ1v) is 12.6. The van der Waals surface area contributed by atoms with E-state index in [2.05, 4.69) is 28.1 Å². The number of likely N-dealkylation sites (tertiary alicyclic amines) is 2. The van der Waals surface area contributed by atoms with E-state index >= 15 is 0 Å². The molecule has 0 bridgehead atoms. The van der Waals surface area contributed by atoms with Gasteiger partial charge in [0.05, 0.1) is 7.11 Å². The van der Waals surface area contributed by atoms with Crippen molar-refractivity contribution in [3.05, 3.63) is 59.4 Å². The number of benzene rings is 1.